The molecular formula is C21H25N3O5. The maximum Gasteiger partial charge on any atom is 0.410 e. The molecule has 3 aliphatic rings. The highest BCUT2D eigenvalue weighted by Crippen LogP contribution is 2.29. The molecule has 2 amide bonds. The van der Waals surface area contributed by atoms with Crippen LogP contribution in [-0.4, -0.2) is 91.3 Å². The summed E-state index contributed by atoms with van der Waals surface area (Å²) in [6.45, 7) is 5.89. The van der Waals surface area contributed by atoms with Gasteiger partial charge in [-0.2, -0.15) is 0 Å². The number of furan rings is 1. The number of para-hydroxylation sites is 1. The Kier molecular flexibility index (Phi) is 4.89. The van der Waals surface area contributed by atoms with Gasteiger partial charge < -0.3 is 18.8 Å². The third-order valence-corrected chi connectivity index (χ3v) is 6.02. The van der Waals surface area contributed by atoms with Crippen LogP contribution in [0.15, 0.2) is 34.7 Å². The number of carbonyl (C=O) groups excluding carboxylic acids is 2. The lowest BCUT2D eigenvalue weighted by Gasteiger charge is -2.28. The molecule has 4 heterocycles. The van der Waals surface area contributed by atoms with Crippen LogP contribution in [-0.2, 0) is 9.47 Å². The van der Waals surface area contributed by atoms with Crippen LogP contribution in [0.4, 0.5) is 4.79 Å². The van der Waals surface area contributed by atoms with Gasteiger partial charge in [-0.3, -0.25) is 14.6 Å². The predicted octanol–water partition coefficient (Wildman–Crippen LogP) is 1.80. The Morgan fingerprint density at radius 1 is 1.10 bits per heavy atom. The topological polar surface area (TPSA) is 75.5 Å². The van der Waals surface area contributed by atoms with Gasteiger partial charge in [-0.05, 0) is 18.6 Å². The molecule has 8 heteroatoms. The van der Waals surface area contributed by atoms with Crippen molar-refractivity contribution in [3.63, 3.8) is 0 Å². The van der Waals surface area contributed by atoms with E-state index in [0.717, 1.165) is 44.7 Å². The molecule has 8 nitrogen and oxygen atoms in total. The first-order valence-corrected chi connectivity index (χ1v) is 10.2. The van der Waals surface area contributed by atoms with Gasteiger partial charge in [0.25, 0.3) is 5.91 Å². The Hall–Kier alpha value is -2.58. The van der Waals surface area contributed by atoms with Crippen LogP contribution in [0.2, 0.25) is 0 Å². The summed E-state index contributed by atoms with van der Waals surface area (Å²) < 4.78 is 16.6. The molecule has 0 N–H and O–H groups in total. The first kappa shape index (κ1) is 18.4. The number of carbonyl (C=O) groups is 2. The van der Waals surface area contributed by atoms with Crippen molar-refractivity contribution in [2.75, 3.05) is 52.5 Å². The van der Waals surface area contributed by atoms with Crippen LogP contribution >= 0.6 is 0 Å². The van der Waals surface area contributed by atoms with Crippen LogP contribution in [0.5, 0.6) is 0 Å². The fourth-order valence-corrected chi connectivity index (χ4v) is 4.46. The molecule has 3 saturated heterocycles. The number of ether oxygens (including phenoxy) is 2. The van der Waals surface area contributed by atoms with Crippen molar-refractivity contribution >= 4 is 23.0 Å². The van der Waals surface area contributed by atoms with Crippen LogP contribution < -0.4 is 0 Å². The van der Waals surface area contributed by atoms with E-state index < -0.39 is 0 Å². The van der Waals surface area contributed by atoms with Gasteiger partial charge in [-0.15, -0.1) is 0 Å². The van der Waals surface area contributed by atoms with Gasteiger partial charge in [0.2, 0.25) is 0 Å². The molecule has 1 aromatic carbocycles. The second-order valence-electron chi connectivity index (χ2n) is 7.85. The summed E-state index contributed by atoms with van der Waals surface area (Å²) in [6, 6.07) is 9.27. The third-order valence-electron chi connectivity index (χ3n) is 6.02. The van der Waals surface area contributed by atoms with E-state index in [1.165, 1.54) is 0 Å². The summed E-state index contributed by atoms with van der Waals surface area (Å²) in [6.07, 6.45) is 0.354. The van der Waals surface area contributed by atoms with Crippen molar-refractivity contribution in [1.82, 2.24) is 14.7 Å². The van der Waals surface area contributed by atoms with Crippen LogP contribution in [0.25, 0.3) is 11.0 Å². The number of hydrogen-bond acceptors (Lipinski definition) is 6. The smallest absolute Gasteiger partial charge is 0.410 e. The number of nitrogens with zero attached hydrogens (tertiary/aromatic N) is 3. The average molecular weight is 399 g/mol. The van der Waals surface area contributed by atoms with Crippen molar-refractivity contribution in [1.29, 1.82) is 0 Å². The van der Waals surface area contributed by atoms with E-state index in [9.17, 15) is 9.59 Å². The molecule has 0 unspecified atom stereocenters. The molecule has 0 saturated carbocycles. The molecule has 3 aliphatic heterocycles. The van der Waals surface area contributed by atoms with E-state index in [4.69, 9.17) is 13.9 Å². The number of hydrogen-bond donors (Lipinski definition) is 0. The fourth-order valence-electron chi connectivity index (χ4n) is 4.46. The summed E-state index contributed by atoms with van der Waals surface area (Å²) in [7, 11) is 0. The zero-order valence-corrected chi connectivity index (χ0v) is 16.3. The highest BCUT2D eigenvalue weighted by atomic mass is 16.6. The number of rotatable bonds is 5. The van der Waals surface area contributed by atoms with Crippen molar-refractivity contribution in [3.05, 3.63) is 36.1 Å². The summed E-state index contributed by atoms with van der Waals surface area (Å²) >= 11 is 0. The quantitative estimate of drug-likeness (QED) is 0.763. The highest BCUT2D eigenvalue weighted by Gasteiger charge is 2.49. The normalized spacial score (nSPS) is 24.9. The second kappa shape index (κ2) is 7.68. The minimum Gasteiger partial charge on any atom is -0.451 e. The maximum absolute atomic E-state index is 12.9. The summed E-state index contributed by atoms with van der Waals surface area (Å²) in [5.41, 5.74) is 0.700. The number of fused-ring (bicyclic) bond motifs is 2. The average Bonchev–Trinajstić information content (AvgIpc) is 3.42. The minimum atomic E-state index is -0.266. The molecule has 154 valence electrons. The Balaban J connectivity index is 1.20. The number of amides is 2. The molecule has 29 heavy (non-hydrogen) atoms. The predicted molar refractivity (Wildman–Crippen MR) is 105 cm³/mol. The Morgan fingerprint density at radius 3 is 2.76 bits per heavy atom. The maximum atomic E-state index is 12.9. The van der Waals surface area contributed by atoms with E-state index in [2.05, 4.69) is 4.90 Å². The third kappa shape index (κ3) is 3.58. The van der Waals surface area contributed by atoms with Crippen molar-refractivity contribution < 1.29 is 23.5 Å². The SMILES string of the molecule is O=C(c1cc2ccccc2o1)N1C[C@H]2OC(=O)N(CCCN3CCOCC3)[C@H]2C1. The van der Waals surface area contributed by atoms with Gasteiger partial charge in [0, 0.05) is 38.1 Å². The summed E-state index contributed by atoms with van der Waals surface area (Å²) in [5.74, 6) is 0.177. The molecule has 1 aromatic heterocycles. The van der Waals surface area contributed by atoms with E-state index in [1.54, 1.807) is 15.9 Å². The van der Waals surface area contributed by atoms with E-state index in [-0.39, 0.29) is 24.1 Å². The van der Waals surface area contributed by atoms with Gasteiger partial charge in [0.05, 0.1) is 25.8 Å². The molecule has 0 spiro atoms. The monoisotopic (exact) mass is 399 g/mol. The fraction of sp³-hybridized carbons (Fsp3) is 0.524. The number of morpholine rings is 1. The minimum absolute atomic E-state index is 0.0829. The number of likely N-dealkylation sites (tertiary alicyclic amines) is 1. The lowest BCUT2D eigenvalue weighted by atomic mass is 10.2. The van der Waals surface area contributed by atoms with Gasteiger partial charge in [0.1, 0.15) is 11.7 Å². The molecule has 5 rings (SSSR count). The van der Waals surface area contributed by atoms with Crippen LogP contribution in [0.3, 0.4) is 0 Å². The molecule has 3 fully saturated rings. The number of benzene rings is 1. The lowest BCUT2D eigenvalue weighted by Crippen LogP contribution is -2.42. The largest absolute Gasteiger partial charge is 0.451 e. The zero-order chi connectivity index (χ0) is 19.8. The molecule has 2 aromatic rings. The van der Waals surface area contributed by atoms with Gasteiger partial charge in [-0.1, -0.05) is 18.2 Å². The van der Waals surface area contributed by atoms with Gasteiger partial charge in [-0.25, -0.2) is 4.79 Å². The Morgan fingerprint density at radius 2 is 1.93 bits per heavy atom. The standard InChI is InChI=1S/C21H25N3O5/c25-20(18-12-15-4-1-2-5-17(15)28-18)23-13-16-19(14-23)29-21(26)24(16)7-3-6-22-8-10-27-11-9-22/h1-2,4-5,12,16,19H,3,6-11,13-14H2/t16-,19+/m0/s1. The van der Waals surface area contributed by atoms with Crippen molar-refractivity contribution in [2.24, 2.45) is 0 Å². The van der Waals surface area contributed by atoms with Gasteiger partial charge in [0.15, 0.2) is 5.76 Å². The van der Waals surface area contributed by atoms with Crippen LogP contribution in [0, 0.1) is 0 Å². The molecule has 0 bridgehead atoms. The van der Waals surface area contributed by atoms with Crippen molar-refractivity contribution in [3.8, 4) is 0 Å². The van der Waals surface area contributed by atoms with Crippen molar-refractivity contribution in [2.45, 2.75) is 18.6 Å². The highest BCUT2D eigenvalue weighted by molar-refractivity contribution is 5.96. The Labute approximate surface area is 168 Å². The summed E-state index contributed by atoms with van der Waals surface area (Å²) in [4.78, 5) is 31.1. The Bertz CT molecular complexity index is 874. The molecule has 0 aliphatic carbocycles. The first-order chi connectivity index (χ1) is 14.2. The van der Waals surface area contributed by atoms with E-state index in [0.29, 0.717) is 31.0 Å². The van der Waals surface area contributed by atoms with Crippen LogP contribution in [0.1, 0.15) is 17.0 Å². The molecule has 0 radical (unpaired) electrons. The molecule has 2 atom stereocenters. The second-order valence-corrected chi connectivity index (χ2v) is 7.85. The zero-order valence-electron chi connectivity index (χ0n) is 16.3. The molecular weight excluding hydrogens is 374 g/mol. The van der Waals surface area contributed by atoms with Gasteiger partial charge >= 0.3 is 6.09 Å². The first-order valence-electron chi connectivity index (χ1n) is 10.2. The summed E-state index contributed by atoms with van der Waals surface area (Å²) in [5, 5.41) is 0.909. The lowest BCUT2D eigenvalue weighted by molar-refractivity contribution is 0.0362. The van der Waals surface area contributed by atoms with E-state index in [1.807, 2.05) is 24.3 Å². The van der Waals surface area contributed by atoms with E-state index >= 15 is 0 Å².